The second kappa shape index (κ2) is 9.37. The highest BCUT2D eigenvalue weighted by Gasteiger charge is 2.51. The number of carboxylic acids is 1. The topological polar surface area (TPSA) is 99.4 Å². The Labute approximate surface area is 143 Å². The molecule has 138 valence electrons. The van der Waals surface area contributed by atoms with Gasteiger partial charge in [-0.05, 0) is 43.9 Å². The molecule has 0 aromatic rings. The molecule has 2 fully saturated rings. The number of nitrogens with zero attached hydrogens (tertiary/aromatic N) is 1. The lowest BCUT2D eigenvalue weighted by Gasteiger charge is -2.35. The zero-order chi connectivity index (χ0) is 17.5. The first kappa shape index (κ1) is 19.2. The fraction of sp³-hybridized carbons (Fsp3) is 0.889. The SMILES string of the molecule is CCCCCCC(O)CCC1C(O)CC2C(=NOCC(=O)O)CC21. The Hall–Kier alpha value is -1.14. The Morgan fingerprint density at radius 1 is 1.33 bits per heavy atom. The van der Waals surface area contributed by atoms with Crippen LogP contribution < -0.4 is 0 Å². The minimum absolute atomic E-state index is 0.221. The Kier molecular flexibility index (Phi) is 7.49. The van der Waals surface area contributed by atoms with E-state index in [1.165, 1.54) is 19.3 Å². The fourth-order valence-corrected chi connectivity index (χ4v) is 4.12. The molecule has 2 aliphatic carbocycles. The first-order valence-corrected chi connectivity index (χ1v) is 9.29. The van der Waals surface area contributed by atoms with Gasteiger partial charge >= 0.3 is 5.97 Å². The summed E-state index contributed by atoms with van der Waals surface area (Å²) in [4.78, 5) is 15.2. The van der Waals surface area contributed by atoms with Crippen molar-refractivity contribution >= 4 is 11.7 Å². The molecule has 5 atom stereocenters. The normalized spacial score (nSPS) is 31.5. The highest BCUT2D eigenvalue weighted by molar-refractivity contribution is 5.93. The van der Waals surface area contributed by atoms with Gasteiger partial charge in [0.2, 0.25) is 6.61 Å². The summed E-state index contributed by atoms with van der Waals surface area (Å²) in [6.07, 6.45) is 7.98. The van der Waals surface area contributed by atoms with Crippen molar-refractivity contribution < 1.29 is 25.0 Å². The number of fused-ring (bicyclic) bond motifs is 1. The van der Waals surface area contributed by atoms with E-state index < -0.39 is 12.6 Å². The number of oxime groups is 1. The van der Waals surface area contributed by atoms with Gasteiger partial charge in [0.15, 0.2) is 0 Å². The van der Waals surface area contributed by atoms with Crippen LogP contribution in [-0.4, -0.2) is 45.8 Å². The van der Waals surface area contributed by atoms with E-state index in [-0.39, 0.29) is 24.0 Å². The van der Waals surface area contributed by atoms with E-state index in [1.54, 1.807) is 0 Å². The number of unbranched alkanes of at least 4 members (excludes halogenated alkanes) is 3. The molecule has 6 nitrogen and oxygen atoms in total. The number of aliphatic carboxylic acids is 1. The van der Waals surface area contributed by atoms with Crippen molar-refractivity contribution in [1.29, 1.82) is 0 Å². The van der Waals surface area contributed by atoms with Gasteiger partial charge < -0.3 is 20.2 Å². The van der Waals surface area contributed by atoms with Gasteiger partial charge in [-0.1, -0.05) is 37.8 Å². The van der Waals surface area contributed by atoms with Crippen molar-refractivity contribution in [2.75, 3.05) is 6.61 Å². The summed E-state index contributed by atoms with van der Waals surface area (Å²) in [7, 11) is 0. The zero-order valence-electron chi connectivity index (χ0n) is 14.6. The molecule has 2 saturated carbocycles. The maximum atomic E-state index is 10.4. The summed E-state index contributed by atoms with van der Waals surface area (Å²) in [5.41, 5.74) is 0.878. The number of carboxylic acid groups (broad SMARTS) is 1. The standard InChI is InChI=1S/C18H31NO5/c1-2-3-4-5-6-12(20)7-8-13-14-9-16(15(14)10-17(13)21)19-24-11-18(22)23/h12-15,17,20-21H,2-11H2,1H3,(H,22,23). The molecule has 0 amide bonds. The van der Waals surface area contributed by atoms with Crippen LogP contribution >= 0.6 is 0 Å². The Morgan fingerprint density at radius 2 is 2.12 bits per heavy atom. The molecule has 0 aromatic carbocycles. The average molecular weight is 341 g/mol. The second-order valence-electron chi connectivity index (χ2n) is 7.27. The molecule has 0 bridgehead atoms. The van der Waals surface area contributed by atoms with Crippen LogP contribution in [-0.2, 0) is 9.63 Å². The maximum absolute atomic E-state index is 10.4. The molecule has 0 heterocycles. The molecular formula is C18H31NO5. The number of carbonyl (C=O) groups is 1. The molecule has 24 heavy (non-hydrogen) atoms. The minimum Gasteiger partial charge on any atom is -0.479 e. The number of hydrogen-bond donors (Lipinski definition) is 3. The predicted molar refractivity (Wildman–Crippen MR) is 90.7 cm³/mol. The summed E-state index contributed by atoms with van der Waals surface area (Å²) >= 11 is 0. The van der Waals surface area contributed by atoms with E-state index in [2.05, 4.69) is 12.1 Å². The lowest BCUT2D eigenvalue weighted by molar-refractivity contribution is -0.142. The van der Waals surface area contributed by atoms with Gasteiger partial charge in [0.05, 0.1) is 17.9 Å². The van der Waals surface area contributed by atoms with Crippen molar-refractivity contribution in [2.45, 2.75) is 76.9 Å². The van der Waals surface area contributed by atoms with Gasteiger partial charge in [-0.2, -0.15) is 0 Å². The van der Waals surface area contributed by atoms with Crippen molar-refractivity contribution in [1.82, 2.24) is 0 Å². The van der Waals surface area contributed by atoms with Crippen LogP contribution in [0.3, 0.4) is 0 Å². The maximum Gasteiger partial charge on any atom is 0.344 e. The van der Waals surface area contributed by atoms with Crippen LogP contribution in [0.25, 0.3) is 0 Å². The zero-order valence-corrected chi connectivity index (χ0v) is 14.6. The molecule has 0 saturated heterocycles. The van der Waals surface area contributed by atoms with Gasteiger partial charge in [-0.25, -0.2) is 4.79 Å². The summed E-state index contributed by atoms with van der Waals surface area (Å²) in [6, 6.07) is 0. The Bertz CT molecular complexity index is 439. The molecule has 3 N–H and O–H groups in total. The summed E-state index contributed by atoms with van der Waals surface area (Å²) < 4.78 is 0. The molecule has 0 radical (unpaired) electrons. The van der Waals surface area contributed by atoms with E-state index in [0.717, 1.165) is 37.8 Å². The van der Waals surface area contributed by atoms with E-state index in [0.29, 0.717) is 12.3 Å². The largest absolute Gasteiger partial charge is 0.479 e. The van der Waals surface area contributed by atoms with Gasteiger partial charge in [0.25, 0.3) is 0 Å². The van der Waals surface area contributed by atoms with Gasteiger partial charge in [0.1, 0.15) is 0 Å². The third-order valence-electron chi connectivity index (χ3n) is 5.52. The molecule has 0 aliphatic heterocycles. The van der Waals surface area contributed by atoms with Crippen LogP contribution in [0.5, 0.6) is 0 Å². The van der Waals surface area contributed by atoms with E-state index in [9.17, 15) is 15.0 Å². The molecule has 0 spiro atoms. The average Bonchev–Trinajstić information content (AvgIpc) is 2.77. The van der Waals surface area contributed by atoms with E-state index >= 15 is 0 Å². The van der Waals surface area contributed by atoms with Crippen LogP contribution in [0.4, 0.5) is 0 Å². The fourth-order valence-electron chi connectivity index (χ4n) is 4.12. The monoisotopic (exact) mass is 341 g/mol. The first-order valence-electron chi connectivity index (χ1n) is 9.29. The molecule has 6 heteroatoms. The third kappa shape index (κ3) is 5.18. The van der Waals surface area contributed by atoms with Crippen molar-refractivity contribution in [3.63, 3.8) is 0 Å². The van der Waals surface area contributed by atoms with E-state index in [1.807, 2.05) is 0 Å². The summed E-state index contributed by atoms with van der Waals surface area (Å²) in [5.74, 6) is -0.189. The van der Waals surface area contributed by atoms with Gasteiger partial charge in [-0.15, -0.1) is 0 Å². The number of aliphatic hydroxyl groups excluding tert-OH is 2. The molecule has 2 rings (SSSR count). The lowest BCUT2D eigenvalue weighted by Crippen LogP contribution is -2.37. The Balaban J connectivity index is 1.69. The van der Waals surface area contributed by atoms with E-state index in [4.69, 9.17) is 9.94 Å². The van der Waals surface area contributed by atoms with Crippen LogP contribution in [0.2, 0.25) is 0 Å². The van der Waals surface area contributed by atoms with Crippen molar-refractivity contribution in [3.05, 3.63) is 0 Å². The van der Waals surface area contributed by atoms with Crippen LogP contribution in [0, 0.1) is 17.8 Å². The van der Waals surface area contributed by atoms with Gasteiger partial charge in [-0.3, -0.25) is 0 Å². The van der Waals surface area contributed by atoms with Crippen molar-refractivity contribution in [3.8, 4) is 0 Å². The molecule has 2 aliphatic rings. The molecule has 5 unspecified atom stereocenters. The lowest BCUT2D eigenvalue weighted by atomic mass is 9.70. The first-order chi connectivity index (χ1) is 11.5. The number of hydrogen-bond acceptors (Lipinski definition) is 5. The molecular weight excluding hydrogens is 310 g/mol. The smallest absolute Gasteiger partial charge is 0.344 e. The second-order valence-corrected chi connectivity index (χ2v) is 7.27. The summed E-state index contributed by atoms with van der Waals surface area (Å²) in [6.45, 7) is 1.76. The Morgan fingerprint density at radius 3 is 2.83 bits per heavy atom. The van der Waals surface area contributed by atoms with Gasteiger partial charge in [0, 0.05) is 5.92 Å². The van der Waals surface area contributed by atoms with Crippen LogP contribution in [0.15, 0.2) is 5.16 Å². The highest BCUT2D eigenvalue weighted by Crippen LogP contribution is 2.50. The highest BCUT2D eigenvalue weighted by atomic mass is 16.6. The number of aliphatic hydroxyl groups is 2. The molecule has 0 aromatic heterocycles. The number of rotatable bonds is 11. The summed E-state index contributed by atoms with van der Waals surface area (Å²) in [5, 5.41) is 32.8. The van der Waals surface area contributed by atoms with Crippen molar-refractivity contribution in [2.24, 2.45) is 22.9 Å². The quantitative estimate of drug-likeness (QED) is 0.396. The third-order valence-corrected chi connectivity index (χ3v) is 5.52. The minimum atomic E-state index is -1.03. The predicted octanol–water partition coefficient (Wildman–Crippen LogP) is 2.57. The van der Waals surface area contributed by atoms with Crippen LogP contribution in [0.1, 0.15) is 64.7 Å².